The van der Waals surface area contributed by atoms with E-state index in [9.17, 15) is 5.26 Å². The molecular formula is C18H28N2O. The molecule has 1 atom stereocenters. The Bertz CT molecular complexity index is 485. The molecule has 0 aromatic heterocycles. The van der Waals surface area contributed by atoms with Gasteiger partial charge in [0, 0.05) is 6.42 Å². The standard InChI is InChI=1S/C18H28N2O/c1-6-12-20-18(5,14-19)11-13-21-16-10-8-7-9-15(16)17(2,3)4/h7-10,20H,6,11-13H2,1-5H3. The zero-order valence-corrected chi connectivity index (χ0v) is 14.0. The van der Waals surface area contributed by atoms with Gasteiger partial charge < -0.3 is 4.74 Å². The van der Waals surface area contributed by atoms with Crippen LogP contribution in [-0.4, -0.2) is 18.7 Å². The van der Waals surface area contributed by atoms with E-state index in [1.807, 2.05) is 25.1 Å². The number of hydrogen-bond acceptors (Lipinski definition) is 3. The van der Waals surface area contributed by atoms with E-state index in [0.29, 0.717) is 13.0 Å². The molecule has 3 heteroatoms. The van der Waals surface area contributed by atoms with E-state index in [-0.39, 0.29) is 5.41 Å². The van der Waals surface area contributed by atoms with Crippen molar-refractivity contribution >= 4 is 0 Å². The SMILES string of the molecule is CCCNC(C)(C#N)CCOc1ccccc1C(C)(C)C. The third-order valence-corrected chi connectivity index (χ3v) is 3.57. The Morgan fingerprint density at radius 3 is 2.43 bits per heavy atom. The van der Waals surface area contributed by atoms with E-state index in [1.165, 1.54) is 5.56 Å². The fourth-order valence-electron chi connectivity index (χ4n) is 2.16. The number of hydrogen-bond donors (Lipinski definition) is 1. The molecule has 1 aromatic rings. The number of para-hydroxylation sites is 1. The number of rotatable bonds is 7. The van der Waals surface area contributed by atoms with Crippen molar-refractivity contribution in [2.75, 3.05) is 13.2 Å². The van der Waals surface area contributed by atoms with Crippen molar-refractivity contribution in [2.24, 2.45) is 0 Å². The number of nitriles is 1. The zero-order chi connectivity index (χ0) is 15.9. The second-order valence-corrected chi connectivity index (χ2v) is 6.72. The monoisotopic (exact) mass is 288 g/mol. The summed E-state index contributed by atoms with van der Waals surface area (Å²) in [6, 6.07) is 10.5. The minimum Gasteiger partial charge on any atom is -0.493 e. The Balaban J connectivity index is 2.66. The maximum atomic E-state index is 9.32. The maximum absolute atomic E-state index is 9.32. The molecule has 0 aliphatic rings. The lowest BCUT2D eigenvalue weighted by molar-refractivity contribution is 0.262. The summed E-state index contributed by atoms with van der Waals surface area (Å²) in [5.41, 5.74) is 0.729. The van der Waals surface area contributed by atoms with E-state index >= 15 is 0 Å². The molecule has 0 heterocycles. The van der Waals surface area contributed by atoms with Gasteiger partial charge in [-0.3, -0.25) is 5.32 Å². The van der Waals surface area contributed by atoms with Gasteiger partial charge in [-0.15, -0.1) is 0 Å². The molecule has 1 rings (SSSR count). The third kappa shape index (κ3) is 5.40. The molecule has 116 valence electrons. The Morgan fingerprint density at radius 2 is 1.86 bits per heavy atom. The molecule has 0 aliphatic heterocycles. The van der Waals surface area contributed by atoms with Crippen LogP contribution in [0.25, 0.3) is 0 Å². The average molecular weight is 288 g/mol. The van der Waals surface area contributed by atoms with Crippen LogP contribution >= 0.6 is 0 Å². The number of ether oxygens (including phenoxy) is 1. The van der Waals surface area contributed by atoms with Crippen molar-refractivity contribution < 1.29 is 4.74 Å². The summed E-state index contributed by atoms with van der Waals surface area (Å²) in [6.07, 6.45) is 1.69. The van der Waals surface area contributed by atoms with Gasteiger partial charge in [-0.05, 0) is 36.9 Å². The first-order valence-electron chi connectivity index (χ1n) is 7.71. The topological polar surface area (TPSA) is 45.0 Å². The molecule has 3 nitrogen and oxygen atoms in total. The first-order chi connectivity index (χ1) is 9.82. The van der Waals surface area contributed by atoms with Gasteiger partial charge in [0.05, 0.1) is 12.7 Å². The van der Waals surface area contributed by atoms with Crippen LogP contribution in [0.1, 0.15) is 53.0 Å². The predicted octanol–water partition coefficient (Wildman–Crippen LogP) is 4.03. The van der Waals surface area contributed by atoms with Crippen LogP contribution in [0.2, 0.25) is 0 Å². The molecule has 21 heavy (non-hydrogen) atoms. The highest BCUT2D eigenvalue weighted by Gasteiger charge is 2.23. The van der Waals surface area contributed by atoms with Crippen molar-refractivity contribution in [3.05, 3.63) is 29.8 Å². The highest BCUT2D eigenvalue weighted by Crippen LogP contribution is 2.31. The molecule has 1 aromatic carbocycles. The van der Waals surface area contributed by atoms with Gasteiger partial charge in [-0.2, -0.15) is 5.26 Å². The molecule has 0 saturated heterocycles. The molecule has 0 amide bonds. The van der Waals surface area contributed by atoms with Crippen molar-refractivity contribution in [3.63, 3.8) is 0 Å². The smallest absolute Gasteiger partial charge is 0.123 e. The largest absolute Gasteiger partial charge is 0.493 e. The van der Waals surface area contributed by atoms with E-state index in [1.54, 1.807) is 0 Å². The van der Waals surface area contributed by atoms with Crippen LogP contribution < -0.4 is 10.1 Å². The fraction of sp³-hybridized carbons (Fsp3) is 0.611. The lowest BCUT2D eigenvalue weighted by atomic mass is 9.86. The highest BCUT2D eigenvalue weighted by molar-refractivity contribution is 5.38. The Kier molecular flexibility index (Phi) is 6.23. The zero-order valence-electron chi connectivity index (χ0n) is 14.0. The van der Waals surface area contributed by atoms with E-state index in [4.69, 9.17) is 4.74 Å². The minimum atomic E-state index is -0.521. The van der Waals surface area contributed by atoms with E-state index in [0.717, 1.165) is 18.7 Å². The maximum Gasteiger partial charge on any atom is 0.123 e. The summed E-state index contributed by atoms with van der Waals surface area (Å²) in [5, 5.41) is 12.6. The second kappa shape index (κ2) is 7.47. The summed E-state index contributed by atoms with van der Waals surface area (Å²) in [5.74, 6) is 0.917. The van der Waals surface area contributed by atoms with Gasteiger partial charge in [0.25, 0.3) is 0 Å². The van der Waals surface area contributed by atoms with Crippen molar-refractivity contribution in [2.45, 2.75) is 58.4 Å². The summed E-state index contributed by atoms with van der Waals surface area (Å²) in [4.78, 5) is 0. The predicted molar refractivity (Wildman–Crippen MR) is 87.6 cm³/mol. The first kappa shape index (κ1) is 17.5. The van der Waals surface area contributed by atoms with Crippen LogP contribution in [0.15, 0.2) is 24.3 Å². The quantitative estimate of drug-likeness (QED) is 0.823. The summed E-state index contributed by atoms with van der Waals surface area (Å²) < 4.78 is 5.95. The van der Waals surface area contributed by atoms with E-state index < -0.39 is 5.54 Å². The van der Waals surface area contributed by atoms with Crippen LogP contribution in [0.5, 0.6) is 5.75 Å². The van der Waals surface area contributed by atoms with Crippen molar-refractivity contribution in [1.82, 2.24) is 5.32 Å². The molecule has 0 radical (unpaired) electrons. The third-order valence-electron chi connectivity index (χ3n) is 3.57. The Labute approximate surface area is 129 Å². The molecular weight excluding hydrogens is 260 g/mol. The van der Waals surface area contributed by atoms with Crippen molar-refractivity contribution in [3.8, 4) is 11.8 Å². The molecule has 1 N–H and O–H groups in total. The molecule has 1 unspecified atom stereocenters. The first-order valence-corrected chi connectivity index (χ1v) is 7.71. The van der Waals surface area contributed by atoms with Gasteiger partial charge in [-0.25, -0.2) is 0 Å². The average Bonchev–Trinajstić information content (AvgIpc) is 2.44. The van der Waals surface area contributed by atoms with Crippen LogP contribution in [0.4, 0.5) is 0 Å². The highest BCUT2D eigenvalue weighted by atomic mass is 16.5. The van der Waals surface area contributed by atoms with Crippen LogP contribution in [0.3, 0.4) is 0 Å². The second-order valence-electron chi connectivity index (χ2n) is 6.72. The normalized spacial score (nSPS) is 14.3. The van der Waals surface area contributed by atoms with E-state index in [2.05, 4.69) is 45.1 Å². The van der Waals surface area contributed by atoms with Gasteiger partial charge >= 0.3 is 0 Å². The fourth-order valence-corrected chi connectivity index (χ4v) is 2.16. The van der Waals surface area contributed by atoms with Crippen LogP contribution in [-0.2, 0) is 5.41 Å². The molecule has 0 saturated carbocycles. The lowest BCUT2D eigenvalue weighted by Gasteiger charge is -2.25. The molecule has 0 fully saturated rings. The number of nitrogens with one attached hydrogen (secondary N) is 1. The lowest BCUT2D eigenvalue weighted by Crippen LogP contribution is -2.42. The van der Waals surface area contributed by atoms with Crippen LogP contribution in [0, 0.1) is 11.3 Å². The summed E-state index contributed by atoms with van der Waals surface area (Å²) in [7, 11) is 0. The van der Waals surface area contributed by atoms with Gasteiger partial charge in [0.2, 0.25) is 0 Å². The molecule has 0 aliphatic carbocycles. The summed E-state index contributed by atoms with van der Waals surface area (Å²) in [6.45, 7) is 11.9. The molecule has 0 spiro atoms. The van der Waals surface area contributed by atoms with Gasteiger partial charge in [0.1, 0.15) is 11.3 Å². The minimum absolute atomic E-state index is 0.0512. The van der Waals surface area contributed by atoms with Gasteiger partial charge in [0.15, 0.2) is 0 Å². The summed E-state index contributed by atoms with van der Waals surface area (Å²) >= 11 is 0. The van der Waals surface area contributed by atoms with Gasteiger partial charge in [-0.1, -0.05) is 45.9 Å². The number of nitrogens with zero attached hydrogens (tertiary/aromatic N) is 1. The van der Waals surface area contributed by atoms with Crippen molar-refractivity contribution in [1.29, 1.82) is 5.26 Å². The Hall–Kier alpha value is -1.53. The Morgan fingerprint density at radius 1 is 1.19 bits per heavy atom. The molecule has 0 bridgehead atoms. The number of benzene rings is 1.